The lowest BCUT2D eigenvalue weighted by atomic mass is 10.1. The number of ether oxygens (including phenoxy) is 1. The van der Waals surface area contributed by atoms with Crippen molar-refractivity contribution in [1.29, 1.82) is 0 Å². The summed E-state index contributed by atoms with van der Waals surface area (Å²) >= 11 is 5.70. The molecule has 0 aliphatic carbocycles. The van der Waals surface area contributed by atoms with E-state index in [-0.39, 0.29) is 16.6 Å². The van der Waals surface area contributed by atoms with Crippen molar-refractivity contribution >= 4 is 21.6 Å². The third-order valence-electron chi connectivity index (χ3n) is 2.85. The Kier molecular flexibility index (Phi) is 5.17. The first-order valence-electron chi connectivity index (χ1n) is 6.25. The minimum Gasteiger partial charge on any atom is -0.497 e. The first-order valence-corrected chi connectivity index (χ1v) is 8.11. The van der Waals surface area contributed by atoms with Crippen LogP contribution < -0.4 is 9.46 Å². The zero-order chi connectivity index (χ0) is 15.3. The number of methoxy groups -OCH3 is 1. The molecule has 0 saturated heterocycles. The Morgan fingerprint density at radius 2 is 2.10 bits per heavy atom. The van der Waals surface area contributed by atoms with E-state index in [2.05, 4.69) is 9.71 Å². The number of hydrogen-bond donors (Lipinski definition) is 1. The summed E-state index contributed by atoms with van der Waals surface area (Å²) in [5.41, 5.74) is 0.991. The van der Waals surface area contributed by atoms with Gasteiger partial charge in [0.15, 0.2) is 0 Å². The lowest BCUT2D eigenvalue weighted by molar-refractivity contribution is 0.414. The van der Waals surface area contributed by atoms with E-state index in [0.29, 0.717) is 6.42 Å². The molecule has 0 saturated carbocycles. The van der Waals surface area contributed by atoms with Gasteiger partial charge in [-0.05, 0) is 36.2 Å². The highest BCUT2D eigenvalue weighted by atomic mass is 35.5. The van der Waals surface area contributed by atoms with Gasteiger partial charge in [0.1, 0.15) is 10.9 Å². The summed E-state index contributed by atoms with van der Waals surface area (Å²) in [6, 6.07) is 10.2. The normalized spacial score (nSPS) is 11.3. The first-order chi connectivity index (χ1) is 10.0. The van der Waals surface area contributed by atoms with Crippen molar-refractivity contribution in [3.63, 3.8) is 0 Å². The van der Waals surface area contributed by atoms with Crippen LogP contribution in [0.15, 0.2) is 47.5 Å². The van der Waals surface area contributed by atoms with Crippen LogP contribution in [-0.2, 0) is 16.4 Å². The predicted octanol–water partition coefficient (Wildman–Crippen LogP) is 2.26. The Morgan fingerprint density at radius 3 is 2.81 bits per heavy atom. The number of nitrogens with one attached hydrogen (secondary N) is 1. The van der Waals surface area contributed by atoms with Crippen molar-refractivity contribution in [3.8, 4) is 5.75 Å². The molecular weight excluding hydrogens is 312 g/mol. The fourth-order valence-corrected chi connectivity index (χ4v) is 3.08. The van der Waals surface area contributed by atoms with Crippen molar-refractivity contribution < 1.29 is 13.2 Å². The Hall–Kier alpha value is -1.63. The Bertz CT molecular complexity index is 720. The van der Waals surface area contributed by atoms with E-state index >= 15 is 0 Å². The van der Waals surface area contributed by atoms with Gasteiger partial charge in [-0.15, -0.1) is 0 Å². The molecule has 0 fully saturated rings. The maximum absolute atomic E-state index is 12.1. The summed E-state index contributed by atoms with van der Waals surface area (Å²) < 4.78 is 31.8. The topological polar surface area (TPSA) is 68.3 Å². The van der Waals surface area contributed by atoms with E-state index in [4.69, 9.17) is 16.3 Å². The number of halogens is 1. The van der Waals surface area contributed by atoms with E-state index in [0.717, 1.165) is 11.3 Å². The van der Waals surface area contributed by atoms with Crippen LogP contribution in [0, 0.1) is 0 Å². The molecule has 2 rings (SSSR count). The number of pyridine rings is 1. The summed E-state index contributed by atoms with van der Waals surface area (Å²) in [6.45, 7) is 0.287. The molecule has 0 radical (unpaired) electrons. The average Bonchev–Trinajstić information content (AvgIpc) is 2.47. The SMILES string of the molecule is COc1cccc(CCNS(=O)(=O)c2ccnc(Cl)c2)c1. The van der Waals surface area contributed by atoms with Crippen LogP contribution >= 0.6 is 11.6 Å². The summed E-state index contributed by atoms with van der Waals surface area (Å²) in [7, 11) is -1.98. The van der Waals surface area contributed by atoms with Gasteiger partial charge in [-0.3, -0.25) is 0 Å². The van der Waals surface area contributed by atoms with Crippen LogP contribution in [0.2, 0.25) is 5.15 Å². The third-order valence-corrected chi connectivity index (χ3v) is 4.51. The van der Waals surface area contributed by atoms with Crippen LogP contribution in [0.5, 0.6) is 5.75 Å². The van der Waals surface area contributed by atoms with Gasteiger partial charge in [0.05, 0.1) is 12.0 Å². The molecule has 0 aliphatic heterocycles. The minimum absolute atomic E-state index is 0.105. The molecule has 1 aromatic carbocycles. The number of aromatic nitrogens is 1. The minimum atomic E-state index is -3.57. The maximum atomic E-state index is 12.1. The zero-order valence-electron chi connectivity index (χ0n) is 11.4. The predicted molar refractivity (Wildman–Crippen MR) is 81.1 cm³/mol. The van der Waals surface area contributed by atoms with Crippen molar-refractivity contribution in [1.82, 2.24) is 9.71 Å². The van der Waals surface area contributed by atoms with Gasteiger partial charge in [-0.25, -0.2) is 18.1 Å². The molecular formula is C14H15ClN2O3S. The molecule has 0 amide bonds. The number of nitrogens with zero attached hydrogens (tertiary/aromatic N) is 1. The first kappa shape index (κ1) is 15.8. The van der Waals surface area contributed by atoms with Crippen LogP contribution in [0.4, 0.5) is 0 Å². The van der Waals surface area contributed by atoms with E-state index in [1.165, 1.54) is 18.3 Å². The number of sulfonamides is 1. The van der Waals surface area contributed by atoms with Gasteiger partial charge < -0.3 is 4.74 Å². The largest absolute Gasteiger partial charge is 0.497 e. The van der Waals surface area contributed by atoms with E-state index in [1.54, 1.807) is 7.11 Å². The van der Waals surface area contributed by atoms with Crippen LogP contribution in [0.25, 0.3) is 0 Å². The molecule has 112 valence electrons. The number of hydrogen-bond acceptors (Lipinski definition) is 4. The molecule has 1 N–H and O–H groups in total. The van der Waals surface area contributed by atoms with E-state index < -0.39 is 10.0 Å². The van der Waals surface area contributed by atoms with Crippen LogP contribution in [0.1, 0.15) is 5.56 Å². The standard InChI is InChI=1S/C14H15ClN2O3S/c1-20-12-4-2-3-11(9-12)5-8-17-21(18,19)13-6-7-16-14(15)10-13/h2-4,6-7,9-10,17H,5,8H2,1H3. The lowest BCUT2D eigenvalue weighted by Gasteiger charge is -2.08. The van der Waals surface area contributed by atoms with Crippen molar-refractivity contribution in [2.24, 2.45) is 0 Å². The summed E-state index contributed by atoms with van der Waals surface area (Å²) in [6.07, 6.45) is 1.92. The van der Waals surface area contributed by atoms with Crippen LogP contribution in [-0.4, -0.2) is 27.1 Å². The maximum Gasteiger partial charge on any atom is 0.240 e. The molecule has 1 aromatic heterocycles. The summed E-state index contributed by atoms with van der Waals surface area (Å²) in [5, 5.41) is 0.144. The van der Waals surface area contributed by atoms with Gasteiger partial charge >= 0.3 is 0 Å². The summed E-state index contributed by atoms with van der Waals surface area (Å²) in [5.74, 6) is 0.747. The fourth-order valence-electron chi connectivity index (χ4n) is 1.79. The molecule has 21 heavy (non-hydrogen) atoms. The Labute approximate surface area is 129 Å². The van der Waals surface area contributed by atoms with Gasteiger partial charge in [0, 0.05) is 12.7 Å². The zero-order valence-corrected chi connectivity index (χ0v) is 13.0. The highest BCUT2D eigenvalue weighted by Crippen LogP contribution is 2.14. The smallest absolute Gasteiger partial charge is 0.240 e. The van der Waals surface area contributed by atoms with E-state index in [1.807, 2.05) is 24.3 Å². The average molecular weight is 327 g/mol. The molecule has 0 aliphatic rings. The molecule has 7 heteroatoms. The molecule has 5 nitrogen and oxygen atoms in total. The number of rotatable bonds is 6. The van der Waals surface area contributed by atoms with Gasteiger partial charge in [0.25, 0.3) is 0 Å². The number of benzene rings is 1. The summed E-state index contributed by atoms with van der Waals surface area (Å²) in [4.78, 5) is 3.86. The molecule has 0 bridgehead atoms. The fraction of sp³-hybridized carbons (Fsp3) is 0.214. The third kappa shape index (κ3) is 4.42. The molecule has 0 atom stereocenters. The second-order valence-electron chi connectivity index (χ2n) is 4.31. The van der Waals surface area contributed by atoms with Crippen molar-refractivity contribution in [3.05, 3.63) is 53.3 Å². The van der Waals surface area contributed by atoms with Crippen molar-refractivity contribution in [2.45, 2.75) is 11.3 Å². The molecule has 2 aromatic rings. The Balaban J connectivity index is 1.99. The van der Waals surface area contributed by atoms with Gasteiger partial charge in [0.2, 0.25) is 10.0 Å². The quantitative estimate of drug-likeness (QED) is 0.827. The van der Waals surface area contributed by atoms with E-state index in [9.17, 15) is 8.42 Å². The second kappa shape index (κ2) is 6.89. The highest BCUT2D eigenvalue weighted by Gasteiger charge is 2.13. The molecule has 1 heterocycles. The lowest BCUT2D eigenvalue weighted by Crippen LogP contribution is -2.26. The second-order valence-corrected chi connectivity index (χ2v) is 6.47. The van der Waals surface area contributed by atoms with Crippen molar-refractivity contribution in [2.75, 3.05) is 13.7 Å². The van der Waals surface area contributed by atoms with Gasteiger partial charge in [-0.2, -0.15) is 0 Å². The molecule has 0 spiro atoms. The monoisotopic (exact) mass is 326 g/mol. The Morgan fingerprint density at radius 1 is 1.29 bits per heavy atom. The van der Waals surface area contributed by atoms with Crippen LogP contribution in [0.3, 0.4) is 0 Å². The highest BCUT2D eigenvalue weighted by molar-refractivity contribution is 7.89. The van der Waals surface area contributed by atoms with Gasteiger partial charge in [-0.1, -0.05) is 23.7 Å². The molecule has 0 unspecified atom stereocenters.